The Hall–Kier alpha value is -2.51. The summed E-state index contributed by atoms with van der Waals surface area (Å²) in [6, 6.07) is 18.5. The second kappa shape index (κ2) is 12.2. The Morgan fingerprint density at radius 3 is 0.891 bits per heavy atom. The van der Waals surface area contributed by atoms with E-state index in [0.717, 1.165) is 22.3 Å². The minimum Gasteiger partial charge on any atom is -0.412 e. The summed E-state index contributed by atoms with van der Waals surface area (Å²) in [5, 5.41) is 0.536. The topological polar surface area (TPSA) is 35.5 Å². The molecule has 0 amide bonds. The molecule has 0 fully saturated rings. The summed E-state index contributed by atoms with van der Waals surface area (Å²) < 4.78 is 29.9. The second-order valence-corrected chi connectivity index (χ2v) is 21.2. The smallest absolute Gasteiger partial charge is 0.412 e. The third kappa shape index (κ3) is 8.49. The predicted octanol–water partition coefficient (Wildman–Crippen LogP) is 12.4. The van der Waals surface area contributed by atoms with Crippen LogP contribution in [0.25, 0.3) is 0 Å². The van der Waals surface area contributed by atoms with Gasteiger partial charge in [-0.05, 0) is 55.7 Å². The average molecular weight is 647 g/mol. The highest BCUT2D eigenvalue weighted by Gasteiger charge is 2.40. The molecule has 46 heavy (non-hydrogen) atoms. The quantitative estimate of drug-likeness (QED) is 0.259. The molecule has 0 aliphatic heterocycles. The molecule has 3 nitrogen and oxygen atoms in total. The van der Waals surface area contributed by atoms with Gasteiger partial charge in [-0.1, -0.05) is 167 Å². The SMILES string of the molecule is CC(C)(C)c1cc(C(C)(C)C)c(OP(=O)(Oc2c(C(C)(C)C)cc(C(C)(C)C)cc2C(C)(C)C)c2ccccc2)c(C(C)(C)C)c1. The molecule has 0 aromatic heterocycles. The van der Waals surface area contributed by atoms with Crippen molar-refractivity contribution < 1.29 is 13.6 Å². The molecule has 0 aliphatic rings. The molecule has 0 heterocycles. The zero-order valence-electron chi connectivity index (χ0n) is 32.4. The van der Waals surface area contributed by atoms with Crippen molar-refractivity contribution in [2.75, 3.05) is 0 Å². The van der Waals surface area contributed by atoms with Crippen molar-refractivity contribution in [1.82, 2.24) is 0 Å². The molecular weight excluding hydrogens is 583 g/mol. The Bertz CT molecular complexity index is 1420. The van der Waals surface area contributed by atoms with E-state index in [4.69, 9.17) is 9.05 Å². The lowest BCUT2D eigenvalue weighted by molar-refractivity contribution is 0.375. The lowest BCUT2D eigenvalue weighted by atomic mass is 9.75. The van der Waals surface area contributed by atoms with Crippen molar-refractivity contribution in [3.8, 4) is 11.5 Å². The normalized spacial score (nSPS) is 14.0. The van der Waals surface area contributed by atoms with E-state index in [-0.39, 0.29) is 32.5 Å². The summed E-state index contributed by atoms with van der Waals surface area (Å²) in [6.45, 7) is 39.8. The van der Waals surface area contributed by atoms with Crippen LogP contribution in [0.4, 0.5) is 0 Å². The summed E-state index contributed by atoms with van der Waals surface area (Å²) in [7, 11) is -4.01. The van der Waals surface area contributed by atoms with Gasteiger partial charge in [-0.2, -0.15) is 0 Å². The molecule has 254 valence electrons. The monoisotopic (exact) mass is 646 g/mol. The van der Waals surface area contributed by atoms with Crippen LogP contribution in [0.5, 0.6) is 11.5 Å². The van der Waals surface area contributed by atoms with Crippen LogP contribution in [0.1, 0.15) is 158 Å². The fraction of sp³-hybridized carbons (Fsp3) is 0.571. The molecule has 3 rings (SSSR count). The van der Waals surface area contributed by atoms with Crippen LogP contribution in [0.15, 0.2) is 54.6 Å². The van der Waals surface area contributed by atoms with E-state index in [2.05, 4.69) is 149 Å². The highest BCUT2D eigenvalue weighted by Crippen LogP contribution is 2.56. The van der Waals surface area contributed by atoms with Crippen LogP contribution in [0.2, 0.25) is 0 Å². The van der Waals surface area contributed by atoms with Crippen LogP contribution in [-0.2, 0) is 37.1 Å². The molecule has 0 radical (unpaired) electrons. The summed E-state index contributed by atoms with van der Waals surface area (Å²) in [5.41, 5.74) is 5.31. The van der Waals surface area contributed by atoms with Crippen LogP contribution in [-0.4, -0.2) is 0 Å². The van der Waals surface area contributed by atoms with Crippen LogP contribution < -0.4 is 14.4 Å². The average Bonchev–Trinajstić information content (AvgIpc) is 2.85. The first-order chi connectivity index (χ1) is 20.5. The van der Waals surface area contributed by atoms with E-state index in [0.29, 0.717) is 16.8 Å². The maximum atomic E-state index is 15.8. The zero-order chi connectivity index (χ0) is 35.5. The van der Waals surface area contributed by atoms with Gasteiger partial charge in [-0.3, -0.25) is 0 Å². The molecule has 0 atom stereocenters. The maximum absolute atomic E-state index is 15.8. The first-order valence-corrected chi connectivity index (χ1v) is 18.4. The molecule has 0 bridgehead atoms. The molecular formula is C42H63O3P. The van der Waals surface area contributed by atoms with Gasteiger partial charge in [0.05, 0.1) is 5.30 Å². The van der Waals surface area contributed by atoms with Gasteiger partial charge in [-0.25, -0.2) is 4.57 Å². The summed E-state index contributed by atoms with van der Waals surface area (Å²) in [5.74, 6) is 1.31. The van der Waals surface area contributed by atoms with Crippen molar-refractivity contribution >= 4 is 12.9 Å². The van der Waals surface area contributed by atoms with Gasteiger partial charge in [0.15, 0.2) is 0 Å². The third-order valence-corrected chi connectivity index (χ3v) is 10.4. The van der Waals surface area contributed by atoms with Gasteiger partial charge in [-0.15, -0.1) is 0 Å². The standard InChI is InChI=1S/C42H63O3P/c1-37(2,3)28-24-31(39(7,8)9)35(32(25-28)40(10,11)12)44-46(43,30-22-20-19-21-23-30)45-36-33(41(13,14)15)26-29(38(4,5)6)27-34(36)42(16,17)18/h19-27H,1-18H3. The van der Waals surface area contributed by atoms with E-state index < -0.39 is 7.60 Å². The Morgan fingerprint density at radius 1 is 0.413 bits per heavy atom. The Morgan fingerprint density at radius 2 is 0.674 bits per heavy atom. The van der Waals surface area contributed by atoms with Crippen molar-refractivity contribution in [1.29, 1.82) is 0 Å². The maximum Gasteiger partial charge on any atom is 0.462 e. The van der Waals surface area contributed by atoms with E-state index in [9.17, 15) is 0 Å². The predicted molar refractivity (Wildman–Crippen MR) is 200 cm³/mol. The second-order valence-electron chi connectivity index (χ2n) is 19.3. The van der Waals surface area contributed by atoms with Crippen LogP contribution >= 0.6 is 7.60 Å². The van der Waals surface area contributed by atoms with Crippen molar-refractivity contribution in [3.63, 3.8) is 0 Å². The minimum absolute atomic E-state index is 0.0732. The molecule has 0 saturated carbocycles. The fourth-order valence-corrected chi connectivity index (χ4v) is 7.18. The lowest BCUT2D eigenvalue weighted by Gasteiger charge is -2.36. The van der Waals surface area contributed by atoms with Gasteiger partial charge in [0.2, 0.25) is 0 Å². The lowest BCUT2D eigenvalue weighted by Crippen LogP contribution is -2.26. The highest BCUT2D eigenvalue weighted by molar-refractivity contribution is 7.63. The van der Waals surface area contributed by atoms with Gasteiger partial charge < -0.3 is 9.05 Å². The summed E-state index contributed by atoms with van der Waals surface area (Å²) >= 11 is 0. The Labute approximate surface area is 282 Å². The molecule has 0 aliphatic carbocycles. The molecule has 0 spiro atoms. The zero-order valence-corrected chi connectivity index (χ0v) is 33.3. The van der Waals surface area contributed by atoms with Gasteiger partial charge in [0.25, 0.3) is 0 Å². The summed E-state index contributed by atoms with van der Waals surface area (Å²) in [6.07, 6.45) is 0. The van der Waals surface area contributed by atoms with E-state index in [1.807, 2.05) is 30.3 Å². The van der Waals surface area contributed by atoms with Gasteiger partial charge in [0.1, 0.15) is 11.5 Å². The van der Waals surface area contributed by atoms with E-state index in [1.165, 1.54) is 11.1 Å². The van der Waals surface area contributed by atoms with Crippen molar-refractivity contribution in [2.45, 2.75) is 157 Å². The van der Waals surface area contributed by atoms with Crippen LogP contribution in [0, 0.1) is 0 Å². The first kappa shape index (κ1) is 37.9. The summed E-state index contributed by atoms with van der Waals surface area (Å²) in [4.78, 5) is 0. The highest BCUT2D eigenvalue weighted by atomic mass is 31.2. The van der Waals surface area contributed by atoms with Crippen molar-refractivity contribution in [3.05, 3.63) is 88.0 Å². The van der Waals surface area contributed by atoms with Crippen LogP contribution in [0.3, 0.4) is 0 Å². The van der Waals surface area contributed by atoms with Gasteiger partial charge in [0, 0.05) is 22.3 Å². The Balaban J connectivity index is 2.50. The van der Waals surface area contributed by atoms with E-state index >= 15 is 4.57 Å². The molecule has 0 N–H and O–H groups in total. The number of hydrogen-bond donors (Lipinski definition) is 0. The van der Waals surface area contributed by atoms with Crippen molar-refractivity contribution in [2.24, 2.45) is 0 Å². The molecule has 3 aromatic rings. The number of benzene rings is 3. The molecule has 0 saturated heterocycles. The third-order valence-electron chi connectivity index (χ3n) is 8.64. The molecule has 3 aromatic carbocycles. The first-order valence-electron chi connectivity index (χ1n) is 16.9. The largest absolute Gasteiger partial charge is 0.462 e. The number of rotatable bonds is 5. The Kier molecular flexibility index (Phi) is 10.0. The molecule has 0 unspecified atom stereocenters. The minimum atomic E-state index is -4.01. The van der Waals surface area contributed by atoms with Gasteiger partial charge >= 0.3 is 7.60 Å². The fourth-order valence-electron chi connectivity index (χ4n) is 5.52. The number of hydrogen-bond acceptors (Lipinski definition) is 3. The molecule has 4 heteroatoms. The van der Waals surface area contributed by atoms with E-state index in [1.54, 1.807) is 0 Å².